The molecule has 0 aliphatic carbocycles. The monoisotopic (exact) mass is 250 g/mol. The van der Waals surface area contributed by atoms with Gasteiger partial charge in [-0.3, -0.25) is 0 Å². The summed E-state index contributed by atoms with van der Waals surface area (Å²) in [5, 5.41) is 3.52. The molecule has 16 heavy (non-hydrogen) atoms. The topological polar surface area (TPSA) is 24.9 Å². The molecule has 0 spiro atoms. The van der Waals surface area contributed by atoms with Crippen molar-refractivity contribution in [3.8, 4) is 0 Å². The van der Waals surface area contributed by atoms with Gasteiger partial charge in [0.15, 0.2) is 4.34 Å². The lowest BCUT2D eigenvalue weighted by molar-refractivity contribution is 0.674. The molecular formula is C12H14N2S2. The van der Waals surface area contributed by atoms with Crippen molar-refractivity contribution in [2.75, 3.05) is 12.3 Å². The predicted molar refractivity (Wildman–Crippen MR) is 71.4 cm³/mol. The third kappa shape index (κ3) is 2.24. The lowest BCUT2D eigenvalue weighted by Gasteiger charge is -2.06. The first-order valence-corrected chi connectivity index (χ1v) is 7.44. The first-order chi connectivity index (χ1) is 7.92. The van der Waals surface area contributed by atoms with Crippen molar-refractivity contribution in [2.45, 2.75) is 23.2 Å². The van der Waals surface area contributed by atoms with Gasteiger partial charge in [0.1, 0.15) is 0 Å². The molecule has 2 heterocycles. The molecular weight excluding hydrogens is 236 g/mol. The Bertz CT molecular complexity index is 442. The Morgan fingerprint density at radius 1 is 1.44 bits per heavy atom. The fourth-order valence-corrected chi connectivity index (χ4v) is 4.18. The number of thioether (sulfide) groups is 1. The Labute approximate surface area is 103 Å². The Hall–Kier alpha value is -0.580. The maximum atomic E-state index is 4.63. The zero-order valence-corrected chi connectivity index (χ0v) is 10.6. The molecule has 0 bridgehead atoms. The number of hydrogen-bond acceptors (Lipinski definition) is 4. The quantitative estimate of drug-likeness (QED) is 0.847. The molecule has 0 saturated carbocycles. The van der Waals surface area contributed by atoms with Crippen LogP contribution in [0.15, 0.2) is 28.6 Å². The number of rotatable bonds is 3. The van der Waals surface area contributed by atoms with Crippen LogP contribution in [0, 0.1) is 0 Å². The van der Waals surface area contributed by atoms with Gasteiger partial charge in [-0.1, -0.05) is 23.9 Å². The summed E-state index contributed by atoms with van der Waals surface area (Å²) in [6.45, 7) is 1.19. The van der Waals surface area contributed by atoms with Gasteiger partial charge in [0, 0.05) is 11.8 Å². The number of aromatic nitrogens is 1. The Kier molecular flexibility index (Phi) is 3.13. The Morgan fingerprint density at radius 2 is 2.38 bits per heavy atom. The number of benzene rings is 1. The number of nitrogens with one attached hydrogen (secondary N) is 1. The van der Waals surface area contributed by atoms with Crippen LogP contribution in [-0.2, 0) is 0 Å². The zero-order valence-electron chi connectivity index (χ0n) is 8.98. The van der Waals surface area contributed by atoms with Crippen LogP contribution < -0.4 is 5.32 Å². The largest absolute Gasteiger partial charge is 0.313 e. The predicted octanol–water partition coefficient (Wildman–Crippen LogP) is 3.14. The fraction of sp³-hybridized carbons (Fsp3) is 0.417. The summed E-state index contributed by atoms with van der Waals surface area (Å²) in [4.78, 5) is 4.63. The summed E-state index contributed by atoms with van der Waals surface area (Å²) in [6, 6.07) is 9.05. The molecule has 1 aliphatic heterocycles. The van der Waals surface area contributed by atoms with Crippen molar-refractivity contribution in [3.05, 3.63) is 24.3 Å². The van der Waals surface area contributed by atoms with Crippen molar-refractivity contribution >= 4 is 33.3 Å². The minimum absolute atomic E-state index is 0.692. The summed E-state index contributed by atoms with van der Waals surface area (Å²) in [6.07, 6.45) is 2.64. The van der Waals surface area contributed by atoms with Crippen LogP contribution in [0.4, 0.5) is 0 Å². The van der Waals surface area contributed by atoms with Gasteiger partial charge in [-0.05, 0) is 31.5 Å². The second-order valence-electron chi connectivity index (χ2n) is 4.05. The average molecular weight is 250 g/mol. The fourth-order valence-electron chi connectivity index (χ4n) is 1.98. The first kappa shape index (κ1) is 10.6. The van der Waals surface area contributed by atoms with Gasteiger partial charge in [0.25, 0.3) is 0 Å². The third-order valence-corrected chi connectivity index (χ3v) is 5.19. The lowest BCUT2D eigenvalue weighted by atomic mass is 10.3. The van der Waals surface area contributed by atoms with Gasteiger partial charge in [0.05, 0.1) is 10.2 Å². The van der Waals surface area contributed by atoms with E-state index in [1.54, 1.807) is 11.3 Å². The van der Waals surface area contributed by atoms with E-state index in [1.807, 2.05) is 11.8 Å². The van der Waals surface area contributed by atoms with Crippen molar-refractivity contribution in [1.29, 1.82) is 0 Å². The highest BCUT2D eigenvalue weighted by Crippen LogP contribution is 2.30. The third-order valence-electron chi connectivity index (χ3n) is 2.84. The van der Waals surface area contributed by atoms with E-state index in [1.165, 1.54) is 28.4 Å². The number of nitrogens with zero attached hydrogens (tertiary/aromatic N) is 1. The van der Waals surface area contributed by atoms with Crippen LogP contribution in [0.5, 0.6) is 0 Å². The summed E-state index contributed by atoms with van der Waals surface area (Å²) >= 11 is 3.69. The number of thiazole rings is 1. The van der Waals surface area contributed by atoms with E-state index in [2.05, 4.69) is 34.6 Å². The molecule has 1 aromatic carbocycles. The van der Waals surface area contributed by atoms with E-state index < -0.39 is 0 Å². The minimum atomic E-state index is 0.692. The first-order valence-electron chi connectivity index (χ1n) is 5.63. The van der Waals surface area contributed by atoms with Gasteiger partial charge in [-0.25, -0.2) is 4.98 Å². The standard InChI is InChI=1S/C12H14N2S2/c1-2-6-11-10(5-1)14-12(16-11)15-8-9-4-3-7-13-9/h1-2,5-6,9,13H,3-4,7-8H2/t9-/m0/s1. The summed E-state index contributed by atoms with van der Waals surface area (Å²) in [5.41, 5.74) is 1.13. The normalized spacial score (nSPS) is 20.6. The number of hydrogen-bond donors (Lipinski definition) is 1. The van der Waals surface area contributed by atoms with E-state index in [0.29, 0.717) is 6.04 Å². The van der Waals surface area contributed by atoms with Crippen molar-refractivity contribution in [2.24, 2.45) is 0 Å². The maximum Gasteiger partial charge on any atom is 0.151 e. The van der Waals surface area contributed by atoms with E-state index >= 15 is 0 Å². The molecule has 1 aromatic heterocycles. The van der Waals surface area contributed by atoms with Crippen molar-refractivity contribution in [1.82, 2.24) is 10.3 Å². The van der Waals surface area contributed by atoms with Crippen molar-refractivity contribution in [3.63, 3.8) is 0 Å². The average Bonchev–Trinajstić information content (AvgIpc) is 2.95. The van der Waals surface area contributed by atoms with E-state index in [0.717, 1.165) is 11.3 Å². The second-order valence-corrected chi connectivity index (χ2v) is 6.35. The number of para-hydroxylation sites is 1. The molecule has 2 aromatic rings. The zero-order chi connectivity index (χ0) is 10.8. The number of fused-ring (bicyclic) bond motifs is 1. The van der Waals surface area contributed by atoms with Gasteiger partial charge < -0.3 is 5.32 Å². The molecule has 1 N–H and O–H groups in total. The van der Waals surface area contributed by atoms with Gasteiger partial charge in [-0.15, -0.1) is 11.3 Å². The van der Waals surface area contributed by atoms with Crippen LogP contribution in [0.2, 0.25) is 0 Å². The molecule has 1 aliphatic rings. The van der Waals surface area contributed by atoms with Crippen molar-refractivity contribution < 1.29 is 0 Å². The van der Waals surface area contributed by atoms with Crippen LogP contribution in [-0.4, -0.2) is 23.3 Å². The van der Waals surface area contributed by atoms with Crippen LogP contribution in [0.25, 0.3) is 10.2 Å². The van der Waals surface area contributed by atoms with Gasteiger partial charge >= 0.3 is 0 Å². The highest BCUT2D eigenvalue weighted by atomic mass is 32.2. The van der Waals surface area contributed by atoms with E-state index in [9.17, 15) is 0 Å². The summed E-state index contributed by atoms with van der Waals surface area (Å²) in [5.74, 6) is 1.15. The van der Waals surface area contributed by atoms with Gasteiger partial charge in [0.2, 0.25) is 0 Å². The molecule has 3 rings (SSSR count). The van der Waals surface area contributed by atoms with E-state index in [4.69, 9.17) is 0 Å². The molecule has 2 nitrogen and oxygen atoms in total. The van der Waals surface area contributed by atoms with Crippen LogP contribution in [0.3, 0.4) is 0 Å². The summed E-state index contributed by atoms with van der Waals surface area (Å²) < 4.78 is 2.50. The Balaban J connectivity index is 1.69. The molecule has 1 atom stereocenters. The summed E-state index contributed by atoms with van der Waals surface area (Å²) in [7, 11) is 0. The Morgan fingerprint density at radius 3 is 3.19 bits per heavy atom. The van der Waals surface area contributed by atoms with Gasteiger partial charge in [-0.2, -0.15) is 0 Å². The highest BCUT2D eigenvalue weighted by Gasteiger charge is 2.14. The van der Waals surface area contributed by atoms with Crippen LogP contribution in [0.1, 0.15) is 12.8 Å². The molecule has 4 heteroatoms. The molecule has 84 valence electrons. The molecule has 1 fully saturated rings. The van der Waals surface area contributed by atoms with E-state index in [-0.39, 0.29) is 0 Å². The maximum absolute atomic E-state index is 4.63. The molecule has 0 amide bonds. The minimum Gasteiger partial charge on any atom is -0.313 e. The second kappa shape index (κ2) is 4.73. The SMILES string of the molecule is c1ccc2sc(SC[C@@H]3CCCN3)nc2c1. The molecule has 1 saturated heterocycles. The smallest absolute Gasteiger partial charge is 0.151 e. The van der Waals surface area contributed by atoms with Crippen LogP contribution >= 0.6 is 23.1 Å². The lowest BCUT2D eigenvalue weighted by Crippen LogP contribution is -2.23. The molecule has 0 radical (unpaired) electrons. The highest BCUT2D eigenvalue weighted by molar-refractivity contribution is 8.01. The molecule has 0 unspecified atom stereocenters.